The van der Waals surface area contributed by atoms with E-state index >= 15 is 0 Å². The summed E-state index contributed by atoms with van der Waals surface area (Å²) in [5.74, 6) is 0.564. The van der Waals surface area contributed by atoms with Gasteiger partial charge < -0.3 is 20.6 Å². The van der Waals surface area contributed by atoms with Crippen LogP contribution in [0.25, 0.3) is 0 Å². The van der Waals surface area contributed by atoms with Gasteiger partial charge in [-0.25, -0.2) is 0 Å². The SMILES string of the molecule is CC(C)CNC(=O)CCNCC(O)CN1CCCC1. The normalized spacial score (nSPS) is 17.9. The molecule has 1 saturated heterocycles. The number of rotatable bonds is 9. The Kier molecular flexibility index (Phi) is 8.02. The highest BCUT2D eigenvalue weighted by Gasteiger charge is 2.15. The molecule has 0 aromatic rings. The Bertz CT molecular complexity index is 253. The molecule has 0 spiro atoms. The number of likely N-dealkylation sites (tertiary alicyclic amines) is 1. The van der Waals surface area contributed by atoms with Gasteiger partial charge in [0, 0.05) is 32.6 Å². The molecule has 0 aromatic heterocycles. The summed E-state index contributed by atoms with van der Waals surface area (Å²) in [5.41, 5.74) is 0. The first-order chi connectivity index (χ1) is 9.08. The summed E-state index contributed by atoms with van der Waals surface area (Å²) >= 11 is 0. The zero-order valence-electron chi connectivity index (χ0n) is 12.3. The third-order valence-corrected chi connectivity index (χ3v) is 3.28. The number of carbonyl (C=O) groups excluding carboxylic acids is 1. The molecule has 1 atom stereocenters. The second-order valence-corrected chi connectivity index (χ2v) is 5.81. The Labute approximate surface area is 116 Å². The Hall–Kier alpha value is -0.650. The molecule has 0 saturated carbocycles. The van der Waals surface area contributed by atoms with E-state index in [1.807, 2.05) is 0 Å². The van der Waals surface area contributed by atoms with E-state index in [4.69, 9.17) is 0 Å². The lowest BCUT2D eigenvalue weighted by atomic mass is 10.2. The van der Waals surface area contributed by atoms with Gasteiger partial charge in [0.2, 0.25) is 5.91 Å². The summed E-state index contributed by atoms with van der Waals surface area (Å²) in [7, 11) is 0. The maximum Gasteiger partial charge on any atom is 0.221 e. The molecule has 0 aromatic carbocycles. The lowest BCUT2D eigenvalue weighted by Crippen LogP contribution is -2.38. The van der Waals surface area contributed by atoms with Crippen molar-refractivity contribution in [1.29, 1.82) is 0 Å². The van der Waals surface area contributed by atoms with Gasteiger partial charge in [0.25, 0.3) is 0 Å². The first kappa shape index (κ1) is 16.4. The van der Waals surface area contributed by atoms with E-state index in [0.717, 1.165) is 26.2 Å². The van der Waals surface area contributed by atoms with Gasteiger partial charge in [-0.05, 0) is 31.8 Å². The number of aliphatic hydroxyl groups excluding tert-OH is 1. The molecule has 0 bridgehead atoms. The molecule has 1 rings (SSSR count). The van der Waals surface area contributed by atoms with E-state index in [1.54, 1.807) is 0 Å². The maximum atomic E-state index is 11.4. The van der Waals surface area contributed by atoms with E-state index in [2.05, 4.69) is 29.4 Å². The van der Waals surface area contributed by atoms with Crippen molar-refractivity contribution in [3.05, 3.63) is 0 Å². The highest BCUT2D eigenvalue weighted by atomic mass is 16.3. The standard InChI is InChI=1S/C14H29N3O2/c1-12(2)9-16-14(19)5-6-15-10-13(18)11-17-7-3-4-8-17/h12-13,15,18H,3-11H2,1-2H3,(H,16,19). The van der Waals surface area contributed by atoms with Crippen LogP contribution in [0.2, 0.25) is 0 Å². The average Bonchev–Trinajstić information content (AvgIpc) is 2.85. The van der Waals surface area contributed by atoms with Crippen LogP contribution in [0.4, 0.5) is 0 Å². The highest BCUT2D eigenvalue weighted by molar-refractivity contribution is 5.76. The number of hydrogen-bond donors (Lipinski definition) is 3. The van der Waals surface area contributed by atoms with Gasteiger partial charge >= 0.3 is 0 Å². The third-order valence-electron chi connectivity index (χ3n) is 3.28. The van der Waals surface area contributed by atoms with Crippen LogP contribution in [0, 0.1) is 5.92 Å². The van der Waals surface area contributed by atoms with Gasteiger partial charge in [0.15, 0.2) is 0 Å². The predicted molar refractivity (Wildman–Crippen MR) is 77.0 cm³/mol. The number of amides is 1. The lowest BCUT2D eigenvalue weighted by Gasteiger charge is -2.19. The molecule has 3 N–H and O–H groups in total. The summed E-state index contributed by atoms with van der Waals surface area (Å²) in [6.45, 7) is 9.03. The van der Waals surface area contributed by atoms with Gasteiger partial charge in [-0.2, -0.15) is 0 Å². The Morgan fingerprint density at radius 1 is 1.26 bits per heavy atom. The van der Waals surface area contributed by atoms with Crippen molar-refractivity contribution in [2.45, 2.75) is 39.2 Å². The van der Waals surface area contributed by atoms with E-state index in [1.165, 1.54) is 12.8 Å². The molecule has 112 valence electrons. The molecule has 1 aliphatic rings. The van der Waals surface area contributed by atoms with Crippen molar-refractivity contribution >= 4 is 5.91 Å². The van der Waals surface area contributed by atoms with Crippen molar-refractivity contribution in [1.82, 2.24) is 15.5 Å². The predicted octanol–water partition coefficient (Wildman–Crippen LogP) is 0.195. The smallest absolute Gasteiger partial charge is 0.221 e. The Morgan fingerprint density at radius 2 is 1.95 bits per heavy atom. The van der Waals surface area contributed by atoms with Gasteiger partial charge in [-0.1, -0.05) is 13.8 Å². The molecule has 1 amide bonds. The van der Waals surface area contributed by atoms with Crippen molar-refractivity contribution < 1.29 is 9.90 Å². The highest BCUT2D eigenvalue weighted by Crippen LogP contribution is 2.07. The second kappa shape index (κ2) is 9.28. The monoisotopic (exact) mass is 271 g/mol. The summed E-state index contributed by atoms with van der Waals surface area (Å²) in [6, 6.07) is 0. The summed E-state index contributed by atoms with van der Waals surface area (Å²) in [4.78, 5) is 13.7. The molecule has 0 aliphatic carbocycles. The van der Waals surface area contributed by atoms with Gasteiger partial charge in [-0.3, -0.25) is 4.79 Å². The van der Waals surface area contributed by atoms with Crippen molar-refractivity contribution in [2.75, 3.05) is 39.3 Å². The minimum absolute atomic E-state index is 0.0789. The fraction of sp³-hybridized carbons (Fsp3) is 0.929. The van der Waals surface area contributed by atoms with Crippen molar-refractivity contribution in [3.63, 3.8) is 0 Å². The number of aliphatic hydroxyl groups is 1. The molecule has 1 fully saturated rings. The fourth-order valence-corrected chi connectivity index (χ4v) is 2.20. The lowest BCUT2D eigenvalue weighted by molar-refractivity contribution is -0.121. The Balaban J connectivity index is 1.95. The summed E-state index contributed by atoms with van der Waals surface area (Å²) < 4.78 is 0. The number of hydrogen-bond acceptors (Lipinski definition) is 4. The Morgan fingerprint density at radius 3 is 2.58 bits per heavy atom. The van der Waals surface area contributed by atoms with Crippen LogP contribution in [-0.2, 0) is 4.79 Å². The van der Waals surface area contributed by atoms with E-state index in [9.17, 15) is 9.90 Å². The molecule has 5 heteroatoms. The number of β-amino-alcohol motifs (C(OH)–C–C–N with tert-alkyl or cyclic N) is 1. The topological polar surface area (TPSA) is 64.6 Å². The first-order valence-electron chi connectivity index (χ1n) is 7.45. The average molecular weight is 271 g/mol. The van der Waals surface area contributed by atoms with Crippen LogP contribution < -0.4 is 10.6 Å². The largest absolute Gasteiger partial charge is 0.390 e. The van der Waals surface area contributed by atoms with Crippen molar-refractivity contribution in [3.8, 4) is 0 Å². The molecule has 19 heavy (non-hydrogen) atoms. The van der Waals surface area contributed by atoms with Crippen LogP contribution in [0.15, 0.2) is 0 Å². The van der Waals surface area contributed by atoms with E-state index in [-0.39, 0.29) is 12.0 Å². The molecule has 1 aliphatic heterocycles. The van der Waals surface area contributed by atoms with Crippen LogP contribution in [0.5, 0.6) is 0 Å². The maximum absolute atomic E-state index is 11.4. The molecule has 0 radical (unpaired) electrons. The van der Waals surface area contributed by atoms with Gasteiger partial charge in [-0.15, -0.1) is 0 Å². The van der Waals surface area contributed by atoms with Crippen LogP contribution in [-0.4, -0.2) is 61.3 Å². The molecule has 5 nitrogen and oxygen atoms in total. The van der Waals surface area contributed by atoms with Gasteiger partial charge in [0.1, 0.15) is 0 Å². The molecule has 1 heterocycles. The zero-order valence-corrected chi connectivity index (χ0v) is 12.3. The fourth-order valence-electron chi connectivity index (χ4n) is 2.20. The van der Waals surface area contributed by atoms with Crippen LogP contribution >= 0.6 is 0 Å². The minimum Gasteiger partial charge on any atom is -0.390 e. The second-order valence-electron chi connectivity index (χ2n) is 5.81. The van der Waals surface area contributed by atoms with Crippen LogP contribution in [0.3, 0.4) is 0 Å². The van der Waals surface area contributed by atoms with Crippen LogP contribution in [0.1, 0.15) is 33.1 Å². The summed E-state index contributed by atoms with van der Waals surface area (Å²) in [6.07, 6.45) is 2.63. The summed E-state index contributed by atoms with van der Waals surface area (Å²) in [5, 5.41) is 15.9. The third kappa shape index (κ3) is 8.18. The molecular formula is C14H29N3O2. The van der Waals surface area contributed by atoms with Crippen molar-refractivity contribution in [2.24, 2.45) is 5.92 Å². The zero-order chi connectivity index (χ0) is 14.1. The quantitative estimate of drug-likeness (QED) is 0.524. The van der Waals surface area contributed by atoms with E-state index in [0.29, 0.717) is 25.4 Å². The first-order valence-corrected chi connectivity index (χ1v) is 7.45. The minimum atomic E-state index is -0.336. The molecule has 1 unspecified atom stereocenters. The van der Waals surface area contributed by atoms with E-state index < -0.39 is 0 Å². The van der Waals surface area contributed by atoms with Gasteiger partial charge in [0.05, 0.1) is 6.10 Å². The number of nitrogens with zero attached hydrogens (tertiary/aromatic N) is 1. The number of nitrogens with one attached hydrogen (secondary N) is 2. The molecular weight excluding hydrogens is 242 g/mol. The number of carbonyl (C=O) groups is 1.